The van der Waals surface area contributed by atoms with Gasteiger partial charge in [0.1, 0.15) is 23.7 Å². The summed E-state index contributed by atoms with van der Waals surface area (Å²) in [5.41, 5.74) is 1.85. The lowest BCUT2D eigenvalue weighted by Gasteiger charge is -2.25. The Morgan fingerprint density at radius 3 is 2.55 bits per heavy atom. The maximum Gasteiger partial charge on any atom is 0.295 e. The van der Waals surface area contributed by atoms with E-state index in [2.05, 4.69) is 6.58 Å². The summed E-state index contributed by atoms with van der Waals surface area (Å²) in [6.07, 6.45) is 1.67. The molecule has 2 heterocycles. The van der Waals surface area contributed by atoms with Crippen molar-refractivity contribution in [3.8, 4) is 11.5 Å². The van der Waals surface area contributed by atoms with Gasteiger partial charge < -0.3 is 13.9 Å². The summed E-state index contributed by atoms with van der Waals surface area (Å²) >= 11 is 0. The summed E-state index contributed by atoms with van der Waals surface area (Å²) in [4.78, 5) is 28.7. The summed E-state index contributed by atoms with van der Waals surface area (Å²) in [5.74, 6) is 0.950. The zero-order valence-electron chi connectivity index (χ0n) is 18.0. The Kier molecular flexibility index (Phi) is 5.18. The van der Waals surface area contributed by atoms with Crippen molar-refractivity contribution in [3.05, 3.63) is 113 Å². The number of anilines is 1. The van der Waals surface area contributed by atoms with Crippen LogP contribution in [-0.2, 0) is 0 Å². The lowest BCUT2D eigenvalue weighted by atomic mass is 9.98. The number of methoxy groups -OCH3 is 1. The van der Waals surface area contributed by atoms with E-state index < -0.39 is 6.04 Å². The second-order valence-electron chi connectivity index (χ2n) is 7.62. The molecule has 1 unspecified atom stereocenters. The number of benzene rings is 3. The molecule has 6 nitrogen and oxygen atoms in total. The zero-order valence-corrected chi connectivity index (χ0v) is 18.0. The third-order valence-electron chi connectivity index (χ3n) is 5.67. The van der Waals surface area contributed by atoms with Gasteiger partial charge in [0.25, 0.3) is 5.91 Å². The van der Waals surface area contributed by atoms with Crippen LogP contribution in [0.3, 0.4) is 0 Å². The fraction of sp³-hybridized carbons (Fsp3) is 0.111. The molecule has 1 amide bonds. The molecule has 1 aliphatic rings. The highest BCUT2D eigenvalue weighted by atomic mass is 16.5. The van der Waals surface area contributed by atoms with Crippen molar-refractivity contribution in [2.24, 2.45) is 0 Å². The average Bonchev–Trinajstić information content (AvgIpc) is 3.15. The molecule has 0 saturated heterocycles. The Morgan fingerprint density at radius 1 is 1.00 bits per heavy atom. The van der Waals surface area contributed by atoms with E-state index >= 15 is 0 Å². The van der Waals surface area contributed by atoms with Gasteiger partial charge in [0.2, 0.25) is 5.76 Å². The lowest BCUT2D eigenvalue weighted by Crippen LogP contribution is -2.29. The molecule has 1 atom stereocenters. The van der Waals surface area contributed by atoms with Gasteiger partial charge in [0.15, 0.2) is 5.43 Å². The predicted molar refractivity (Wildman–Crippen MR) is 126 cm³/mol. The third kappa shape index (κ3) is 3.46. The van der Waals surface area contributed by atoms with Crippen LogP contribution in [0.2, 0.25) is 0 Å². The number of amides is 1. The molecule has 5 rings (SSSR count). The summed E-state index contributed by atoms with van der Waals surface area (Å²) in [7, 11) is 1.57. The number of rotatable bonds is 6. The molecule has 1 aliphatic heterocycles. The minimum atomic E-state index is -0.658. The summed E-state index contributed by atoms with van der Waals surface area (Å²) in [6.45, 7) is 4.04. The highest BCUT2D eigenvalue weighted by Crippen LogP contribution is 2.42. The van der Waals surface area contributed by atoms with Crippen LogP contribution in [0.5, 0.6) is 11.5 Å². The van der Waals surface area contributed by atoms with E-state index in [1.165, 1.54) is 0 Å². The van der Waals surface area contributed by atoms with Crippen molar-refractivity contribution in [3.63, 3.8) is 0 Å². The van der Waals surface area contributed by atoms with E-state index in [-0.39, 0.29) is 17.1 Å². The van der Waals surface area contributed by atoms with Crippen LogP contribution in [-0.4, -0.2) is 19.6 Å². The Bertz CT molecular complexity index is 1420. The van der Waals surface area contributed by atoms with Gasteiger partial charge >= 0.3 is 0 Å². The number of ether oxygens (including phenoxy) is 2. The fourth-order valence-corrected chi connectivity index (χ4v) is 4.16. The Balaban J connectivity index is 1.72. The molecule has 1 aromatic heterocycles. The van der Waals surface area contributed by atoms with Crippen LogP contribution in [0.15, 0.2) is 94.7 Å². The molecule has 0 spiro atoms. The third-order valence-corrected chi connectivity index (χ3v) is 5.67. The normalized spacial score (nSPS) is 14.9. The van der Waals surface area contributed by atoms with Crippen molar-refractivity contribution in [2.45, 2.75) is 6.04 Å². The van der Waals surface area contributed by atoms with Crippen LogP contribution < -0.4 is 19.8 Å². The van der Waals surface area contributed by atoms with Gasteiger partial charge in [0.05, 0.1) is 24.1 Å². The second kappa shape index (κ2) is 8.31. The molecule has 0 saturated carbocycles. The molecule has 6 heteroatoms. The van der Waals surface area contributed by atoms with Crippen LogP contribution in [0.1, 0.15) is 27.7 Å². The van der Waals surface area contributed by atoms with Crippen molar-refractivity contribution in [1.29, 1.82) is 0 Å². The Labute approximate surface area is 190 Å². The lowest BCUT2D eigenvalue weighted by molar-refractivity contribution is 0.0971. The van der Waals surface area contributed by atoms with Crippen molar-refractivity contribution >= 4 is 22.6 Å². The van der Waals surface area contributed by atoms with Gasteiger partial charge in [-0.25, -0.2) is 0 Å². The first kappa shape index (κ1) is 20.6. The number of hydrogen-bond donors (Lipinski definition) is 0. The van der Waals surface area contributed by atoms with Gasteiger partial charge in [-0.1, -0.05) is 43.0 Å². The van der Waals surface area contributed by atoms with E-state index in [0.717, 1.165) is 5.56 Å². The van der Waals surface area contributed by atoms with E-state index in [0.29, 0.717) is 40.3 Å². The number of carbonyl (C=O) groups excluding carboxylic acids is 1. The molecule has 3 aromatic carbocycles. The molecular formula is C27H21NO5. The highest BCUT2D eigenvalue weighted by Gasteiger charge is 2.43. The van der Waals surface area contributed by atoms with Crippen LogP contribution >= 0.6 is 0 Å². The first-order valence-electron chi connectivity index (χ1n) is 10.5. The Morgan fingerprint density at radius 2 is 1.79 bits per heavy atom. The summed E-state index contributed by atoms with van der Waals surface area (Å²) in [6, 6.07) is 20.8. The number of fused-ring (bicyclic) bond motifs is 2. The molecule has 0 N–H and O–H groups in total. The number of para-hydroxylation sites is 1. The van der Waals surface area contributed by atoms with E-state index in [4.69, 9.17) is 13.9 Å². The quantitative estimate of drug-likeness (QED) is 0.390. The maximum absolute atomic E-state index is 13.6. The molecule has 0 radical (unpaired) electrons. The number of carbonyl (C=O) groups is 1. The minimum Gasteiger partial charge on any atom is -0.497 e. The van der Waals surface area contributed by atoms with Crippen molar-refractivity contribution in [1.82, 2.24) is 0 Å². The largest absolute Gasteiger partial charge is 0.497 e. The minimum absolute atomic E-state index is 0.0542. The van der Waals surface area contributed by atoms with Gasteiger partial charge in [-0.15, -0.1) is 0 Å². The topological polar surface area (TPSA) is 69.0 Å². The molecule has 164 valence electrons. The maximum atomic E-state index is 13.6. The van der Waals surface area contributed by atoms with Gasteiger partial charge in [-0.2, -0.15) is 0 Å². The van der Waals surface area contributed by atoms with Crippen molar-refractivity contribution < 1.29 is 18.7 Å². The summed E-state index contributed by atoms with van der Waals surface area (Å²) < 4.78 is 16.9. The van der Waals surface area contributed by atoms with Crippen molar-refractivity contribution in [2.75, 3.05) is 18.6 Å². The zero-order chi connectivity index (χ0) is 22.9. The first-order chi connectivity index (χ1) is 16.1. The highest BCUT2D eigenvalue weighted by molar-refractivity contribution is 6.10. The molecule has 0 aliphatic carbocycles. The predicted octanol–water partition coefficient (Wildman–Crippen LogP) is 5.12. The van der Waals surface area contributed by atoms with Gasteiger partial charge in [-0.05, 0) is 42.0 Å². The average molecular weight is 439 g/mol. The first-order valence-corrected chi connectivity index (χ1v) is 10.5. The monoisotopic (exact) mass is 439 g/mol. The number of hydrogen-bond acceptors (Lipinski definition) is 5. The second-order valence-corrected chi connectivity index (χ2v) is 7.62. The van der Waals surface area contributed by atoms with Crippen LogP contribution in [0, 0.1) is 0 Å². The molecule has 0 fully saturated rings. The Hall–Kier alpha value is -4.32. The van der Waals surface area contributed by atoms with Gasteiger partial charge in [0, 0.05) is 11.8 Å². The van der Waals surface area contributed by atoms with Crippen LogP contribution in [0.25, 0.3) is 11.0 Å². The fourth-order valence-electron chi connectivity index (χ4n) is 4.16. The standard InChI is InChI=1S/C27H21NO5/c1-3-15-32-19-13-11-17(12-14-19)24-23-25(29)21-9-4-5-10-22(21)33-26(23)27(30)28(24)18-7-6-8-20(16-18)31-2/h3-14,16,24H,1,15H2,2H3. The van der Waals surface area contributed by atoms with Gasteiger partial charge in [-0.3, -0.25) is 14.5 Å². The molecule has 0 bridgehead atoms. The molecule has 4 aromatic rings. The van der Waals surface area contributed by atoms with Crippen LogP contribution in [0.4, 0.5) is 5.69 Å². The van der Waals surface area contributed by atoms with E-state index in [1.807, 2.05) is 30.3 Å². The smallest absolute Gasteiger partial charge is 0.295 e. The van der Waals surface area contributed by atoms with E-state index in [1.54, 1.807) is 60.6 Å². The molecule has 33 heavy (non-hydrogen) atoms. The number of nitrogens with zero attached hydrogens (tertiary/aromatic N) is 1. The summed E-state index contributed by atoms with van der Waals surface area (Å²) in [5, 5.41) is 0.437. The van der Waals surface area contributed by atoms with E-state index in [9.17, 15) is 9.59 Å². The molecular weight excluding hydrogens is 418 g/mol. The SMILES string of the molecule is C=CCOc1ccc(C2c3c(oc4ccccc4c3=O)C(=O)N2c2cccc(OC)c2)cc1.